The lowest BCUT2D eigenvalue weighted by Gasteiger charge is -2.35. The van der Waals surface area contributed by atoms with Crippen LogP contribution in [0.4, 0.5) is 5.69 Å². The number of pyridine rings is 1. The zero-order chi connectivity index (χ0) is 24.9. The van der Waals surface area contributed by atoms with Crippen molar-refractivity contribution >= 4 is 28.3 Å². The Morgan fingerprint density at radius 1 is 1.29 bits per heavy atom. The van der Waals surface area contributed by atoms with E-state index in [1.54, 1.807) is 12.3 Å². The fourth-order valence-corrected chi connectivity index (χ4v) is 5.22. The van der Waals surface area contributed by atoms with Gasteiger partial charge in [0.05, 0.1) is 28.4 Å². The van der Waals surface area contributed by atoms with Crippen molar-refractivity contribution in [2.45, 2.75) is 45.3 Å². The SMILES string of the molecule is C=C1c2c(cc3nc(-c4c(NC[C@@H](O)CC)cc[nH]c4=O)[nH]c3c2C)C(=O)N1C1CCN(C)CC1. The van der Waals surface area contributed by atoms with E-state index in [1.165, 1.54) is 0 Å². The monoisotopic (exact) mass is 476 g/mol. The Kier molecular flexibility index (Phi) is 5.98. The van der Waals surface area contributed by atoms with Gasteiger partial charge in [0.1, 0.15) is 11.4 Å². The van der Waals surface area contributed by atoms with Crippen LogP contribution in [0.15, 0.2) is 29.7 Å². The summed E-state index contributed by atoms with van der Waals surface area (Å²) in [6.45, 7) is 10.4. The number of nitrogens with one attached hydrogen (secondary N) is 3. The van der Waals surface area contributed by atoms with Crippen molar-refractivity contribution in [3.63, 3.8) is 0 Å². The van der Waals surface area contributed by atoms with E-state index in [2.05, 4.69) is 33.8 Å². The first kappa shape index (κ1) is 23.3. The second-order valence-corrected chi connectivity index (χ2v) is 9.60. The Labute approximate surface area is 203 Å². The number of aliphatic hydroxyl groups excluding tert-OH is 1. The van der Waals surface area contributed by atoms with Crippen molar-refractivity contribution in [2.75, 3.05) is 32.0 Å². The number of aliphatic hydroxyl groups is 1. The van der Waals surface area contributed by atoms with E-state index in [9.17, 15) is 14.7 Å². The minimum absolute atomic E-state index is 0.0254. The number of carbonyl (C=O) groups is 1. The van der Waals surface area contributed by atoms with Gasteiger partial charge in [-0.15, -0.1) is 0 Å². The number of benzene rings is 1. The number of aromatic amines is 2. The van der Waals surface area contributed by atoms with Crippen molar-refractivity contribution in [1.82, 2.24) is 24.8 Å². The third kappa shape index (κ3) is 3.94. The van der Waals surface area contributed by atoms with Crippen LogP contribution >= 0.6 is 0 Å². The maximum Gasteiger partial charge on any atom is 0.261 e. The molecule has 0 saturated carbocycles. The molecule has 1 saturated heterocycles. The molecule has 0 unspecified atom stereocenters. The number of hydrogen-bond acceptors (Lipinski definition) is 6. The molecule has 2 aliphatic rings. The van der Waals surface area contributed by atoms with Gasteiger partial charge in [-0.3, -0.25) is 9.59 Å². The van der Waals surface area contributed by atoms with Crippen molar-refractivity contribution in [3.05, 3.63) is 52.0 Å². The highest BCUT2D eigenvalue weighted by atomic mass is 16.3. The molecule has 1 amide bonds. The van der Waals surface area contributed by atoms with Crippen molar-refractivity contribution in [3.8, 4) is 11.4 Å². The van der Waals surface area contributed by atoms with Crippen molar-refractivity contribution in [1.29, 1.82) is 0 Å². The van der Waals surface area contributed by atoms with Crippen LogP contribution in [0.2, 0.25) is 0 Å². The van der Waals surface area contributed by atoms with Crippen LogP contribution in [-0.4, -0.2) is 74.6 Å². The number of imidazole rings is 1. The largest absolute Gasteiger partial charge is 0.391 e. The molecule has 3 aromatic rings. The molecule has 1 atom stereocenters. The minimum atomic E-state index is -0.521. The minimum Gasteiger partial charge on any atom is -0.391 e. The molecule has 9 nitrogen and oxygen atoms in total. The van der Waals surface area contributed by atoms with Gasteiger partial charge in [-0.2, -0.15) is 0 Å². The maximum atomic E-state index is 13.5. The number of piperidine rings is 1. The third-order valence-corrected chi connectivity index (χ3v) is 7.31. The molecule has 9 heteroatoms. The van der Waals surface area contributed by atoms with Crippen LogP contribution in [0.25, 0.3) is 28.1 Å². The standard InChI is InChI=1S/C26H32N6O3/c1-5-17(33)13-28-19-6-9-27-25(34)22(19)24-29-20-12-18-21(14(2)23(20)30-24)15(3)32(26(18)35)16-7-10-31(4)11-8-16/h6,9,12,16-17,33H,3,5,7-8,10-11,13H2,1-2,4H3,(H,29,30)(H2,27,28,34)/t17-/m0/s1. The number of hydrogen-bond donors (Lipinski definition) is 4. The number of amides is 1. The summed E-state index contributed by atoms with van der Waals surface area (Å²) in [5.41, 5.74) is 5.16. The van der Waals surface area contributed by atoms with Gasteiger partial charge in [0.15, 0.2) is 0 Å². The molecular weight excluding hydrogens is 444 g/mol. The summed E-state index contributed by atoms with van der Waals surface area (Å²) >= 11 is 0. The maximum absolute atomic E-state index is 13.5. The molecule has 35 heavy (non-hydrogen) atoms. The van der Waals surface area contributed by atoms with Gasteiger partial charge in [-0.05, 0) is 64.0 Å². The fourth-order valence-electron chi connectivity index (χ4n) is 5.22. The molecule has 184 valence electrons. The highest BCUT2D eigenvalue weighted by molar-refractivity contribution is 6.12. The normalized spacial score (nSPS) is 17.9. The lowest BCUT2D eigenvalue weighted by Crippen LogP contribution is -2.43. The number of carbonyl (C=O) groups excluding carboxylic acids is 1. The smallest absolute Gasteiger partial charge is 0.261 e. The van der Waals surface area contributed by atoms with E-state index in [1.807, 2.05) is 24.8 Å². The molecule has 0 aliphatic carbocycles. The molecule has 1 fully saturated rings. The second-order valence-electron chi connectivity index (χ2n) is 9.60. The predicted molar refractivity (Wildman–Crippen MR) is 137 cm³/mol. The average molecular weight is 477 g/mol. The van der Waals surface area contributed by atoms with E-state index in [0.29, 0.717) is 41.1 Å². The van der Waals surface area contributed by atoms with Gasteiger partial charge in [0.25, 0.3) is 11.5 Å². The zero-order valence-corrected chi connectivity index (χ0v) is 20.4. The number of likely N-dealkylation sites (tertiary alicyclic amines) is 1. The van der Waals surface area contributed by atoms with Crippen molar-refractivity contribution < 1.29 is 9.90 Å². The molecule has 0 spiro atoms. The summed E-state index contributed by atoms with van der Waals surface area (Å²) in [6.07, 6.45) is 3.50. The Balaban J connectivity index is 1.54. The Morgan fingerprint density at radius 3 is 2.74 bits per heavy atom. The van der Waals surface area contributed by atoms with Crippen LogP contribution < -0.4 is 10.9 Å². The Morgan fingerprint density at radius 2 is 2.03 bits per heavy atom. The fraction of sp³-hybridized carbons (Fsp3) is 0.423. The van der Waals surface area contributed by atoms with Crippen LogP contribution in [0.3, 0.4) is 0 Å². The summed E-state index contributed by atoms with van der Waals surface area (Å²) in [5, 5.41) is 13.1. The summed E-state index contributed by atoms with van der Waals surface area (Å²) in [7, 11) is 2.10. The predicted octanol–water partition coefficient (Wildman–Crippen LogP) is 2.93. The van der Waals surface area contributed by atoms with E-state index < -0.39 is 6.10 Å². The molecule has 0 bridgehead atoms. The molecule has 4 N–H and O–H groups in total. The van der Waals surface area contributed by atoms with Gasteiger partial charge in [0, 0.05) is 30.0 Å². The Bertz CT molecular complexity index is 1370. The topological polar surface area (TPSA) is 117 Å². The highest BCUT2D eigenvalue weighted by Crippen LogP contribution is 2.40. The number of aromatic nitrogens is 3. The summed E-state index contributed by atoms with van der Waals surface area (Å²) in [5.74, 6) is 0.384. The number of fused-ring (bicyclic) bond motifs is 2. The molecular formula is C26H32N6O3. The number of nitrogens with zero attached hydrogens (tertiary/aromatic N) is 3. The summed E-state index contributed by atoms with van der Waals surface area (Å²) in [4.78, 5) is 41.1. The van der Waals surface area contributed by atoms with Crippen LogP contribution in [0, 0.1) is 6.92 Å². The number of rotatable bonds is 6. The molecule has 2 aromatic heterocycles. The third-order valence-electron chi connectivity index (χ3n) is 7.31. The number of aryl methyl sites for hydroxylation is 1. The second kappa shape index (κ2) is 8.98. The van der Waals surface area contributed by atoms with E-state index in [0.717, 1.165) is 48.3 Å². The summed E-state index contributed by atoms with van der Waals surface area (Å²) in [6, 6.07) is 3.71. The van der Waals surface area contributed by atoms with Crippen LogP contribution in [0.5, 0.6) is 0 Å². The van der Waals surface area contributed by atoms with Crippen LogP contribution in [-0.2, 0) is 0 Å². The van der Waals surface area contributed by atoms with E-state index >= 15 is 0 Å². The van der Waals surface area contributed by atoms with Gasteiger partial charge < -0.3 is 30.2 Å². The first-order chi connectivity index (χ1) is 16.8. The first-order valence-corrected chi connectivity index (χ1v) is 12.2. The molecule has 2 aliphatic heterocycles. The number of anilines is 1. The lowest BCUT2D eigenvalue weighted by molar-refractivity contribution is 0.0749. The Hall–Kier alpha value is -3.43. The quantitative estimate of drug-likeness (QED) is 0.435. The van der Waals surface area contributed by atoms with Crippen LogP contribution in [0.1, 0.15) is 47.7 Å². The molecule has 5 rings (SSSR count). The highest BCUT2D eigenvalue weighted by Gasteiger charge is 2.39. The lowest BCUT2D eigenvalue weighted by atomic mass is 10.0. The summed E-state index contributed by atoms with van der Waals surface area (Å²) < 4.78 is 0. The van der Waals surface area contributed by atoms with Gasteiger partial charge in [0.2, 0.25) is 0 Å². The molecule has 4 heterocycles. The van der Waals surface area contributed by atoms with Gasteiger partial charge in [-0.1, -0.05) is 13.5 Å². The molecule has 1 aromatic carbocycles. The van der Waals surface area contributed by atoms with E-state index in [4.69, 9.17) is 4.98 Å². The molecule has 0 radical (unpaired) electrons. The van der Waals surface area contributed by atoms with Gasteiger partial charge >= 0.3 is 0 Å². The first-order valence-electron chi connectivity index (χ1n) is 12.2. The average Bonchev–Trinajstić information content (AvgIpc) is 3.37. The van der Waals surface area contributed by atoms with Gasteiger partial charge in [-0.25, -0.2) is 4.98 Å². The van der Waals surface area contributed by atoms with E-state index in [-0.39, 0.29) is 17.5 Å². The zero-order valence-electron chi connectivity index (χ0n) is 20.4. The number of H-pyrrole nitrogens is 2. The van der Waals surface area contributed by atoms with Crippen molar-refractivity contribution in [2.24, 2.45) is 0 Å².